The van der Waals surface area contributed by atoms with Crippen molar-refractivity contribution in [1.82, 2.24) is 0 Å². The molecule has 0 amide bonds. The number of nitrogens with zero attached hydrogens (tertiary/aromatic N) is 1. The van der Waals surface area contributed by atoms with Gasteiger partial charge in [0.15, 0.2) is 0 Å². The lowest BCUT2D eigenvalue weighted by Crippen LogP contribution is -2.12. The van der Waals surface area contributed by atoms with E-state index in [-0.39, 0.29) is 4.90 Å². The fraction of sp³-hybridized carbons (Fsp3) is 0. The van der Waals surface area contributed by atoms with Gasteiger partial charge in [-0.25, -0.2) is 8.42 Å². The highest BCUT2D eigenvalue weighted by molar-refractivity contribution is 7.92. The molecule has 0 unspecified atom stereocenters. The molecule has 0 aliphatic carbocycles. The second-order valence-corrected chi connectivity index (χ2v) is 5.21. The molecule has 2 rings (SSSR count). The van der Waals surface area contributed by atoms with Crippen molar-refractivity contribution in [2.45, 2.75) is 4.90 Å². The van der Waals surface area contributed by atoms with Crippen molar-refractivity contribution in [2.24, 2.45) is 0 Å². The molecule has 0 spiro atoms. The van der Waals surface area contributed by atoms with Gasteiger partial charge in [0.25, 0.3) is 10.0 Å². The molecule has 18 heavy (non-hydrogen) atoms. The Bertz CT molecular complexity index is 671. The van der Waals surface area contributed by atoms with Crippen LogP contribution in [0.5, 0.6) is 0 Å². The Balaban J connectivity index is 2.29. The molecule has 0 saturated carbocycles. The van der Waals surface area contributed by atoms with Crippen LogP contribution < -0.4 is 4.72 Å². The first kappa shape index (κ1) is 12.1. The van der Waals surface area contributed by atoms with Gasteiger partial charge in [0, 0.05) is 5.69 Å². The number of hydrogen-bond acceptors (Lipinski definition) is 3. The van der Waals surface area contributed by atoms with E-state index >= 15 is 0 Å². The maximum absolute atomic E-state index is 12.0. The number of hydrogen-bond donors (Lipinski definition) is 1. The van der Waals surface area contributed by atoms with Crippen molar-refractivity contribution in [3.63, 3.8) is 0 Å². The highest BCUT2D eigenvalue weighted by atomic mass is 32.2. The summed E-state index contributed by atoms with van der Waals surface area (Å²) in [5, 5.41) is 8.65. The summed E-state index contributed by atoms with van der Waals surface area (Å²) in [4.78, 5) is 0.120. The summed E-state index contributed by atoms with van der Waals surface area (Å²) in [5.41, 5.74) is 0.890. The predicted molar refractivity (Wildman–Crippen MR) is 67.2 cm³/mol. The summed E-state index contributed by atoms with van der Waals surface area (Å²) in [7, 11) is -3.61. The molecule has 0 aliphatic heterocycles. The topological polar surface area (TPSA) is 70.0 Å². The number of nitriles is 1. The summed E-state index contributed by atoms with van der Waals surface area (Å²) >= 11 is 0. The average Bonchev–Trinajstić information content (AvgIpc) is 2.39. The zero-order valence-electron chi connectivity index (χ0n) is 9.29. The van der Waals surface area contributed by atoms with Gasteiger partial charge in [-0.15, -0.1) is 0 Å². The van der Waals surface area contributed by atoms with E-state index in [1.165, 1.54) is 24.3 Å². The number of nitrogens with one attached hydrogen (secondary N) is 1. The summed E-state index contributed by atoms with van der Waals surface area (Å²) in [6.45, 7) is 0. The van der Waals surface area contributed by atoms with Crippen molar-refractivity contribution in [3.8, 4) is 6.07 Å². The first-order valence-electron chi connectivity index (χ1n) is 5.11. The minimum Gasteiger partial charge on any atom is -0.280 e. The molecular formula is C13H9N2O2S. The molecule has 89 valence electrons. The Hall–Kier alpha value is -2.32. The molecule has 1 radical (unpaired) electrons. The predicted octanol–water partition coefficient (Wildman–Crippen LogP) is 2.16. The van der Waals surface area contributed by atoms with Crippen LogP contribution in [0.25, 0.3) is 0 Å². The van der Waals surface area contributed by atoms with Gasteiger partial charge in [-0.3, -0.25) is 4.72 Å². The maximum Gasteiger partial charge on any atom is 0.261 e. The Kier molecular flexibility index (Phi) is 3.31. The van der Waals surface area contributed by atoms with Crippen LogP contribution in [0, 0.1) is 17.4 Å². The van der Waals surface area contributed by atoms with Crippen LogP contribution in [0.3, 0.4) is 0 Å². The molecule has 0 aliphatic rings. The summed E-state index contributed by atoms with van der Waals surface area (Å²) in [6, 6.07) is 16.9. The van der Waals surface area contributed by atoms with E-state index in [0.29, 0.717) is 11.3 Å². The van der Waals surface area contributed by atoms with E-state index in [0.717, 1.165) is 0 Å². The van der Waals surface area contributed by atoms with Gasteiger partial charge in [0.05, 0.1) is 16.5 Å². The Labute approximate surface area is 106 Å². The largest absolute Gasteiger partial charge is 0.280 e. The molecule has 5 heteroatoms. The second kappa shape index (κ2) is 4.90. The van der Waals surface area contributed by atoms with Gasteiger partial charge in [-0.05, 0) is 42.5 Å². The van der Waals surface area contributed by atoms with Gasteiger partial charge in [-0.2, -0.15) is 5.26 Å². The number of sulfonamides is 1. The average molecular weight is 257 g/mol. The molecule has 2 aromatic rings. The van der Waals surface area contributed by atoms with Gasteiger partial charge in [0.2, 0.25) is 0 Å². The van der Waals surface area contributed by atoms with E-state index in [1.54, 1.807) is 24.3 Å². The van der Waals surface area contributed by atoms with Crippen molar-refractivity contribution < 1.29 is 8.42 Å². The van der Waals surface area contributed by atoms with Crippen LogP contribution in [-0.2, 0) is 10.0 Å². The zero-order valence-corrected chi connectivity index (χ0v) is 10.1. The van der Waals surface area contributed by atoms with Crippen molar-refractivity contribution in [2.75, 3.05) is 4.72 Å². The normalized spacial score (nSPS) is 10.6. The molecule has 0 bridgehead atoms. The van der Waals surface area contributed by atoms with Crippen LogP contribution >= 0.6 is 0 Å². The molecule has 0 fully saturated rings. The summed E-state index contributed by atoms with van der Waals surface area (Å²) in [5.74, 6) is 0. The van der Waals surface area contributed by atoms with Gasteiger partial charge >= 0.3 is 0 Å². The van der Waals surface area contributed by atoms with E-state index in [2.05, 4.69) is 10.8 Å². The standard InChI is InChI=1S/C13H9N2O2S/c14-10-11-6-8-13(9-7-11)18(16,17)15-12-4-2-1-3-5-12/h2-9,15H. The van der Waals surface area contributed by atoms with Crippen molar-refractivity contribution >= 4 is 15.7 Å². The summed E-state index contributed by atoms with van der Waals surface area (Å²) < 4.78 is 26.4. The molecule has 1 N–H and O–H groups in total. The third-order valence-corrected chi connectivity index (χ3v) is 3.66. The highest BCUT2D eigenvalue weighted by Crippen LogP contribution is 2.15. The third-order valence-electron chi connectivity index (χ3n) is 2.26. The van der Waals surface area contributed by atoms with E-state index in [9.17, 15) is 8.42 Å². The van der Waals surface area contributed by atoms with Crippen LogP contribution in [0.1, 0.15) is 5.56 Å². The molecule has 4 nitrogen and oxygen atoms in total. The lowest BCUT2D eigenvalue weighted by molar-refractivity contribution is 0.601. The minimum absolute atomic E-state index is 0.120. The highest BCUT2D eigenvalue weighted by Gasteiger charge is 2.13. The smallest absolute Gasteiger partial charge is 0.261 e. The second-order valence-electron chi connectivity index (χ2n) is 3.53. The van der Waals surface area contributed by atoms with Crippen LogP contribution in [0.4, 0.5) is 5.69 Å². The fourth-order valence-electron chi connectivity index (χ4n) is 1.38. The SMILES string of the molecule is N#Cc1ccc(S(=O)(=O)Nc2cc[c]cc2)cc1. The lowest BCUT2D eigenvalue weighted by Gasteiger charge is -2.07. The zero-order chi connectivity index (χ0) is 13.0. The van der Waals surface area contributed by atoms with Crippen molar-refractivity contribution in [3.05, 3.63) is 60.2 Å². The number of rotatable bonds is 3. The van der Waals surface area contributed by atoms with Gasteiger partial charge < -0.3 is 0 Å². The Morgan fingerprint density at radius 2 is 1.67 bits per heavy atom. The fourth-order valence-corrected chi connectivity index (χ4v) is 2.44. The maximum atomic E-state index is 12.0. The first-order valence-corrected chi connectivity index (χ1v) is 6.59. The molecule has 0 atom stereocenters. The molecule has 0 saturated heterocycles. The van der Waals surface area contributed by atoms with E-state index in [4.69, 9.17) is 5.26 Å². The minimum atomic E-state index is -3.61. The molecule has 2 aromatic carbocycles. The Morgan fingerprint density at radius 3 is 2.22 bits per heavy atom. The van der Waals surface area contributed by atoms with Crippen LogP contribution in [0.15, 0.2) is 53.4 Å². The van der Waals surface area contributed by atoms with Gasteiger partial charge in [0.1, 0.15) is 0 Å². The third kappa shape index (κ3) is 2.67. The Morgan fingerprint density at radius 1 is 1.06 bits per heavy atom. The van der Waals surface area contributed by atoms with Crippen LogP contribution in [-0.4, -0.2) is 8.42 Å². The summed E-state index contributed by atoms with van der Waals surface area (Å²) in [6.07, 6.45) is 0. The lowest BCUT2D eigenvalue weighted by atomic mass is 10.2. The van der Waals surface area contributed by atoms with Gasteiger partial charge in [-0.1, -0.05) is 12.1 Å². The van der Waals surface area contributed by atoms with E-state index < -0.39 is 10.0 Å². The van der Waals surface area contributed by atoms with Crippen LogP contribution in [0.2, 0.25) is 0 Å². The first-order chi connectivity index (χ1) is 8.62. The monoisotopic (exact) mass is 257 g/mol. The number of benzene rings is 2. The molecule has 0 aromatic heterocycles. The quantitative estimate of drug-likeness (QED) is 0.916. The van der Waals surface area contributed by atoms with Crippen molar-refractivity contribution in [1.29, 1.82) is 5.26 Å². The molecule has 0 heterocycles. The van der Waals surface area contributed by atoms with E-state index in [1.807, 2.05) is 6.07 Å². The molecular weight excluding hydrogens is 248 g/mol. The number of anilines is 1.